The van der Waals surface area contributed by atoms with Gasteiger partial charge in [0.05, 0.1) is 19.8 Å². The molecule has 0 unspecified atom stereocenters. The summed E-state index contributed by atoms with van der Waals surface area (Å²) in [5.41, 5.74) is 2.72. The molecule has 4 nitrogen and oxygen atoms in total. The van der Waals surface area contributed by atoms with Gasteiger partial charge in [-0.05, 0) is 41.8 Å². The maximum Gasteiger partial charge on any atom is 0.0681 e. The summed E-state index contributed by atoms with van der Waals surface area (Å²) in [6.07, 6.45) is 2.42. The van der Waals surface area contributed by atoms with Gasteiger partial charge in [-0.1, -0.05) is 38.1 Å². The van der Waals surface area contributed by atoms with E-state index in [2.05, 4.69) is 41.8 Å². The Morgan fingerprint density at radius 3 is 2.56 bits per heavy atom. The molecular weight excluding hydrogens is 312 g/mol. The van der Waals surface area contributed by atoms with Crippen molar-refractivity contribution in [3.8, 4) is 0 Å². The molecular formula is C21H34N2O2. The molecule has 0 saturated carbocycles. The lowest BCUT2D eigenvalue weighted by molar-refractivity contribution is 0.0162. The molecule has 1 atom stereocenters. The monoisotopic (exact) mass is 346 g/mol. The molecule has 2 aliphatic heterocycles. The van der Waals surface area contributed by atoms with E-state index < -0.39 is 0 Å². The quantitative estimate of drug-likeness (QED) is 0.822. The first-order valence-corrected chi connectivity index (χ1v) is 9.75. The van der Waals surface area contributed by atoms with Gasteiger partial charge in [0, 0.05) is 32.7 Å². The molecule has 2 heterocycles. The van der Waals surface area contributed by atoms with Crippen molar-refractivity contribution in [1.82, 2.24) is 9.80 Å². The fourth-order valence-electron chi connectivity index (χ4n) is 4.43. The van der Waals surface area contributed by atoms with Crippen molar-refractivity contribution in [3.05, 3.63) is 35.4 Å². The largest absolute Gasteiger partial charge is 0.392 e. The maximum absolute atomic E-state index is 9.31. The second-order valence-corrected chi connectivity index (χ2v) is 8.62. The molecule has 4 heteroatoms. The zero-order valence-electron chi connectivity index (χ0n) is 15.9. The Morgan fingerprint density at radius 1 is 1.08 bits per heavy atom. The fraction of sp³-hybridized carbons (Fsp3) is 0.714. The number of ether oxygens (including phenoxy) is 1. The molecule has 2 fully saturated rings. The van der Waals surface area contributed by atoms with Gasteiger partial charge in [-0.25, -0.2) is 0 Å². The molecule has 1 N–H and O–H groups in total. The van der Waals surface area contributed by atoms with E-state index in [1.807, 2.05) is 6.07 Å². The second-order valence-electron chi connectivity index (χ2n) is 8.62. The highest BCUT2D eigenvalue weighted by molar-refractivity contribution is 5.23. The average molecular weight is 347 g/mol. The van der Waals surface area contributed by atoms with E-state index in [4.69, 9.17) is 4.74 Å². The van der Waals surface area contributed by atoms with Crippen molar-refractivity contribution in [2.45, 2.75) is 33.3 Å². The van der Waals surface area contributed by atoms with E-state index in [0.29, 0.717) is 5.41 Å². The molecule has 2 saturated heterocycles. The van der Waals surface area contributed by atoms with Crippen molar-refractivity contribution in [1.29, 1.82) is 0 Å². The smallest absolute Gasteiger partial charge is 0.0681 e. The first kappa shape index (κ1) is 18.8. The maximum atomic E-state index is 9.31. The summed E-state index contributed by atoms with van der Waals surface area (Å²) in [5.74, 6) is 0.744. The van der Waals surface area contributed by atoms with Gasteiger partial charge in [-0.2, -0.15) is 0 Å². The van der Waals surface area contributed by atoms with Crippen LogP contribution in [0.15, 0.2) is 24.3 Å². The van der Waals surface area contributed by atoms with Gasteiger partial charge in [0.1, 0.15) is 0 Å². The SMILES string of the molecule is CC(C)(CN1CCOCC1)CN1CC[C@@H](Cc2cccc(CO)c2)C1. The van der Waals surface area contributed by atoms with E-state index in [1.54, 1.807) is 0 Å². The van der Waals surface area contributed by atoms with Crippen LogP contribution in [0.4, 0.5) is 0 Å². The molecule has 140 valence electrons. The summed E-state index contributed by atoms with van der Waals surface area (Å²) in [6, 6.07) is 8.42. The summed E-state index contributed by atoms with van der Waals surface area (Å²) in [6.45, 7) is 13.6. The molecule has 1 aromatic carbocycles. The first-order chi connectivity index (χ1) is 12.0. The number of likely N-dealkylation sites (tertiary alicyclic amines) is 1. The number of benzene rings is 1. The standard InChI is InChI=1S/C21H34N2O2/c1-21(2,16-22-8-10-25-11-9-22)17-23-7-6-19(14-23)12-18-4-3-5-20(13-18)15-24/h3-5,13,19,24H,6-12,14-17H2,1-2H3/t19-/m0/s1. The van der Waals surface area contributed by atoms with Gasteiger partial charge >= 0.3 is 0 Å². The molecule has 0 aromatic heterocycles. The van der Waals surface area contributed by atoms with E-state index >= 15 is 0 Å². The van der Waals surface area contributed by atoms with Crippen LogP contribution in [-0.4, -0.2) is 67.4 Å². The number of aliphatic hydroxyl groups excluding tert-OH is 1. The van der Waals surface area contributed by atoms with Crippen LogP contribution >= 0.6 is 0 Å². The number of nitrogens with zero attached hydrogens (tertiary/aromatic N) is 2. The minimum absolute atomic E-state index is 0.139. The lowest BCUT2D eigenvalue weighted by Crippen LogP contribution is -2.45. The van der Waals surface area contributed by atoms with Crippen molar-refractivity contribution in [2.75, 3.05) is 52.5 Å². The predicted molar refractivity (Wildman–Crippen MR) is 102 cm³/mol. The topological polar surface area (TPSA) is 35.9 Å². The average Bonchev–Trinajstić information content (AvgIpc) is 3.01. The van der Waals surface area contributed by atoms with Crippen molar-refractivity contribution in [3.63, 3.8) is 0 Å². The summed E-state index contributed by atoms with van der Waals surface area (Å²) in [7, 11) is 0. The molecule has 0 bridgehead atoms. The van der Waals surface area contributed by atoms with Gasteiger partial charge < -0.3 is 14.7 Å². The molecule has 0 amide bonds. The zero-order chi connectivity index (χ0) is 17.7. The van der Waals surface area contributed by atoms with E-state index in [9.17, 15) is 5.11 Å². The van der Waals surface area contributed by atoms with Crippen molar-refractivity contribution < 1.29 is 9.84 Å². The van der Waals surface area contributed by atoms with E-state index in [0.717, 1.165) is 50.8 Å². The van der Waals surface area contributed by atoms with E-state index in [-0.39, 0.29) is 6.61 Å². The van der Waals surface area contributed by atoms with Crippen LogP contribution in [0.1, 0.15) is 31.4 Å². The molecule has 0 spiro atoms. The van der Waals surface area contributed by atoms with Crippen LogP contribution in [0.3, 0.4) is 0 Å². The Hall–Kier alpha value is -0.940. The third-order valence-corrected chi connectivity index (χ3v) is 5.48. The number of morpholine rings is 1. The van der Waals surface area contributed by atoms with Gasteiger partial charge in [-0.15, -0.1) is 0 Å². The Bertz CT molecular complexity index is 540. The Balaban J connectivity index is 1.46. The molecule has 1 aromatic rings. The van der Waals surface area contributed by atoms with Gasteiger partial charge in [-0.3, -0.25) is 4.90 Å². The lowest BCUT2D eigenvalue weighted by Gasteiger charge is -2.37. The summed E-state index contributed by atoms with van der Waals surface area (Å²) in [5, 5.41) is 9.31. The Morgan fingerprint density at radius 2 is 1.80 bits per heavy atom. The number of rotatable bonds is 7. The number of hydrogen-bond donors (Lipinski definition) is 1. The molecule has 2 aliphatic rings. The third kappa shape index (κ3) is 5.78. The second kappa shape index (κ2) is 8.63. The summed E-state index contributed by atoms with van der Waals surface area (Å²) >= 11 is 0. The van der Waals surface area contributed by atoms with Crippen LogP contribution in [0.25, 0.3) is 0 Å². The molecule has 0 radical (unpaired) electrons. The zero-order valence-corrected chi connectivity index (χ0v) is 15.9. The van der Waals surface area contributed by atoms with Crippen LogP contribution in [0.2, 0.25) is 0 Å². The van der Waals surface area contributed by atoms with Gasteiger partial charge in [0.2, 0.25) is 0 Å². The Kier molecular flexibility index (Phi) is 6.50. The predicted octanol–water partition coefficient (Wildman–Crippen LogP) is 2.40. The van der Waals surface area contributed by atoms with E-state index in [1.165, 1.54) is 31.6 Å². The normalized spacial score (nSPS) is 23.2. The number of aliphatic hydroxyl groups is 1. The van der Waals surface area contributed by atoms with Crippen LogP contribution < -0.4 is 0 Å². The fourth-order valence-corrected chi connectivity index (χ4v) is 4.43. The molecule has 3 rings (SSSR count). The molecule has 25 heavy (non-hydrogen) atoms. The summed E-state index contributed by atoms with van der Waals surface area (Å²) < 4.78 is 5.47. The van der Waals surface area contributed by atoms with Crippen LogP contribution in [0.5, 0.6) is 0 Å². The number of hydrogen-bond acceptors (Lipinski definition) is 4. The van der Waals surface area contributed by atoms with Crippen LogP contribution in [0, 0.1) is 11.3 Å². The highest BCUT2D eigenvalue weighted by Crippen LogP contribution is 2.26. The minimum atomic E-state index is 0.139. The highest BCUT2D eigenvalue weighted by atomic mass is 16.5. The van der Waals surface area contributed by atoms with Gasteiger partial charge in [0.15, 0.2) is 0 Å². The minimum Gasteiger partial charge on any atom is -0.392 e. The highest BCUT2D eigenvalue weighted by Gasteiger charge is 2.30. The van der Waals surface area contributed by atoms with Gasteiger partial charge in [0.25, 0.3) is 0 Å². The Labute approximate surface area is 152 Å². The van der Waals surface area contributed by atoms with Crippen LogP contribution in [-0.2, 0) is 17.8 Å². The summed E-state index contributed by atoms with van der Waals surface area (Å²) in [4.78, 5) is 5.21. The third-order valence-electron chi connectivity index (χ3n) is 5.48. The van der Waals surface area contributed by atoms with Crippen molar-refractivity contribution in [2.24, 2.45) is 11.3 Å². The van der Waals surface area contributed by atoms with Crippen molar-refractivity contribution >= 4 is 0 Å². The lowest BCUT2D eigenvalue weighted by atomic mass is 9.91. The first-order valence-electron chi connectivity index (χ1n) is 9.75. The molecule has 0 aliphatic carbocycles.